The molecule has 13 rings (SSSR count). The van der Waals surface area contributed by atoms with E-state index < -0.39 is 0 Å². The summed E-state index contributed by atoms with van der Waals surface area (Å²) in [5.41, 5.74) is 18.1. The highest BCUT2D eigenvalue weighted by Crippen LogP contribution is 2.37. The first-order chi connectivity index (χ1) is 38.1. The van der Waals surface area contributed by atoms with E-state index in [4.69, 9.17) is 29.9 Å². The summed E-state index contributed by atoms with van der Waals surface area (Å²) in [5.74, 6) is 5.34. The van der Waals surface area contributed by atoms with Crippen LogP contribution in [0.2, 0.25) is 0 Å². The van der Waals surface area contributed by atoms with Crippen LogP contribution in [-0.4, -0.2) is 43.6 Å². The zero-order valence-electron chi connectivity index (χ0n) is 44.5. The smallest absolute Gasteiger partial charge is 0.164 e. The van der Waals surface area contributed by atoms with Crippen molar-refractivity contribution in [3.63, 3.8) is 0 Å². The van der Waals surface area contributed by atoms with E-state index in [0.717, 1.165) is 101 Å². The standard InChI is InChI=1S/C69H57N9/c1-43(2)46-28-34-55(35-29-46)76-61-25-10-7-22-58(61)70-67(76)52-19-13-16-49(40-52)64-73-65(50-17-14-20-53(41-50)68-71-59-23-8-11-26-62(59)77(68)56-36-30-47(31-37-56)44(3)4)75-66(74-64)51-18-15-21-54(42-51)69-72-60-24-9-12-27-63(60)78(69)57-38-32-48(33-39-57)45(5)6/h7-45H,1-6H3. The molecule has 0 unspecified atom stereocenters. The molecule has 0 saturated heterocycles. The molecule has 0 saturated carbocycles. The number of hydrogen-bond acceptors (Lipinski definition) is 6. The molecule has 0 radical (unpaired) electrons. The van der Waals surface area contributed by atoms with Crippen molar-refractivity contribution in [3.8, 4) is 85.4 Å². The van der Waals surface area contributed by atoms with Crippen LogP contribution in [0.25, 0.3) is 118 Å². The van der Waals surface area contributed by atoms with Crippen LogP contribution in [0.5, 0.6) is 0 Å². The third kappa shape index (κ3) is 8.82. The molecule has 0 atom stereocenters. The van der Waals surface area contributed by atoms with Crippen LogP contribution in [0.1, 0.15) is 76.0 Å². The Hall–Kier alpha value is -9.60. The Morgan fingerprint density at radius 1 is 0.256 bits per heavy atom. The normalized spacial score (nSPS) is 11.8. The Kier molecular flexibility index (Phi) is 12.2. The van der Waals surface area contributed by atoms with Gasteiger partial charge < -0.3 is 0 Å². The topological polar surface area (TPSA) is 92.1 Å². The number of rotatable bonds is 12. The highest BCUT2D eigenvalue weighted by Gasteiger charge is 2.22. The maximum absolute atomic E-state index is 5.36. The molecule has 0 bridgehead atoms. The number of hydrogen-bond donors (Lipinski definition) is 0. The van der Waals surface area contributed by atoms with Crippen LogP contribution in [0.3, 0.4) is 0 Å². The van der Waals surface area contributed by atoms with Gasteiger partial charge in [-0.3, -0.25) is 13.7 Å². The molecule has 4 aromatic heterocycles. The molecule has 0 spiro atoms. The Labute approximate surface area is 454 Å². The number of benzene rings is 9. The number of fused-ring (bicyclic) bond motifs is 3. The van der Waals surface area contributed by atoms with Crippen molar-refractivity contribution in [1.29, 1.82) is 0 Å². The number of aromatic nitrogens is 9. The molecule has 0 aliphatic carbocycles. The summed E-state index contributed by atoms with van der Waals surface area (Å²) in [6, 6.07) is 76.6. The molecule has 0 aliphatic heterocycles. The van der Waals surface area contributed by atoms with E-state index in [9.17, 15) is 0 Å². The molecule has 378 valence electrons. The van der Waals surface area contributed by atoms with Crippen molar-refractivity contribution < 1.29 is 0 Å². The second-order valence-corrected chi connectivity index (χ2v) is 21.1. The summed E-state index contributed by atoms with van der Waals surface area (Å²) >= 11 is 0. The quantitative estimate of drug-likeness (QED) is 0.121. The zero-order chi connectivity index (χ0) is 53.0. The van der Waals surface area contributed by atoms with Crippen LogP contribution >= 0.6 is 0 Å². The molecular weight excluding hydrogens is 955 g/mol. The van der Waals surface area contributed by atoms with Gasteiger partial charge in [0, 0.05) is 50.4 Å². The van der Waals surface area contributed by atoms with Crippen molar-refractivity contribution >= 4 is 33.1 Å². The summed E-state index contributed by atoms with van der Waals surface area (Å²) in [5, 5.41) is 0. The van der Waals surface area contributed by atoms with Gasteiger partial charge in [0.2, 0.25) is 0 Å². The van der Waals surface area contributed by atoms with E-state index in [1.807, 2.05) is 18.2 Å². The minimum absolute atomic E-state index is 0.418. The van der Waals surface area contributed by atoms with Crippen molar-refractivity contribution in [3.05, 3.63) is 235 Å². The fourth-order valence-electron chi connectivity index (χ4n) is 10.6. The molecule has 9 nitrogen and oxygen atoms in total. The van der Waals surface area contributed by atoms with Crippen molar-refractivity contribution in [1.82, 2.24) is 43.6 Å². The molecule has 78 heavy (non-hydrogen) atoms. The minimum Gasteiger partial charge on any atom is -0.292 e. The Balaban J connectivity index is 0.975. The van der Waals surface area contributed by atoms with E-state index in [1.54, 1.807) is 0 Å². The van der Waals surface area contributed by atoms with Crippen molar-refractivity contribution in [2.75, 3.05) is 0 Å². The third-order valence-corrected chi connectivity index (χ3v) is 14.9. The summed E-state index contributed by atoms with van der Waals surface area (Å²) in [4.78, 5) is 31.9. The Morgan fingerprint density at radius 3 is 0.782 bits per heavy atom. The summed E-state index contributed by atoms with van der Waals surface area (Å²) < 4.78 is 6.74. The van der Waals surface area contributed by atoms with Gasteiger partial charge in [-0.05, 0) is 125 Å². The molecule has 0 N–H and O–H groups in total. The largest absolute Gasteiger partial charge is 0.292 e. The van der Waals surface area contributed by atoms with Crippen LogP contribution < -0.4 is 0 Å². The SMILES string of the molecule is CC(C)c1ccc(-n2c(-c3cccc(-c4nc(-c5cccc(-c6nc7ccccc7n6-c6ccc(C(C)C)cc6)c5)nc(-c5cccc(-c6nc7ccccc7n6-c6ccc(C(C)C)cc6)c5)n4)c3)nc3ccccc32)cc1. The molecule has 0 amide bonds. The van der Waals surface area contributed by atoms with E-state index >= 15 is 0 Å². The first-order valence-electron chi connectivity index (χ1n) is 26.9. The average molecular weight is 1010 g/mol. The van der Waals surface area contributed by atoms with E-state index in [2.05, 4.69) is 255 Å². The van der Waals surface area contributed by atoms with Crippen LogP contribution in [0.15, 0.2) is 218 Å². The number of para-hydroxylation sites is 6. The van der Waals surface area contributed by atoms with Crippen molar-refractivity contribution in [2.24, 2.45) is 0 Å². The molecule has 0 aliphatic rings. The van der Waals surface area contributed by atoms with Gasteiger partial charge in [0.1, 0.15) is 17.5 Å². The van der Waals surface area contributed by atoms with Crippen LogP contribution in [0, 0.1) is 0 Å². The lowest BCUT2D eigenvalue weighted by Gasteiger charge is -2.14. The van der Waals surface area contributed by atoms with Gasteiger partial charge in [0.05, 0.1) is 33.1 Å². The van der Waals surface area contributed by atoms with E-state index in [1.165, 1.54) is 16.7 Å². The fourth-order valence-corrected chi connectivity index (χ4v) is 10.6. The van der Waals surface area contributed by atoms with Gasteiger partial charge in [0.25, 0.3) is 0 Å². The fraction of sp³-hybridized carbons (Fsp3) is 0.130. The van der Waals surface area contributed by atoms with Gasteiger partial charge in [-0.1, -0.05) is 169 Å². The molecular formula is C69H57N9. The monoisotopic (exact) mass is 1010 g/mol. The molecule has 0 fully saturated rings. The summed E-state index contributed by atoms with van der Waals surface area (Å²) in [6.07, 6.45) is 0. The van der Waals surface area contributed by atoms with Crippen molar-refractivity contribution in [2.45, 2.75) is 59.3 Å². The molecule has 9 heteroatoms. The van der Waals surface area contributed by atoms with Gasteiger partial charge in [0.15, 0.2) is 17.5 Å². The van der Waals surface area contributed by atoms with Gasteiger partial charge in [-0.2, -0.15) is 0 Å². The average Bonchev–Trinajstić information content (AvgIpc) is 4.31. The van der Waals surface area contributed by atoms with Gasteiger partial charge in [-0.15, -0.1) is 0 Å². The van der Waals surface area contributed by atoms with E-state index in [-0.39, 0.29) is 0 Å². The van der Waals surface area contributed by atoms with Crippen LogP contribution in [0.4, 0.5) is 0 Å². The predicted molar refractivity (Wildman–Crippen MR) is 319 cm³/mol. The zero-order valence-corrected chi connectivity index (χ0v) is 44.5. The number of imidazole rings is 3. The third-order valence-electron chi connectivity index (χ3n) is 14.9. The second-order valence-electron chi connectivity index (χ2n) is 21.1. The highest BCUT2D eigenvalue weighted by atomic mass is 15.1. The van der Waals surface area contributed by atoms with Crippen LogP contribution in [-0.2, 0) is 0 Å². The maximum Gasteiger partial charge on any atom is 0.164 e. The molecule has 9 aromatic carbocycles. The van der Waals surface area contributed by atoms with E-state index in [0.29, 0.717) is 35.2 Å². The summed E-state index contributed by atoms with van der Waals surface area (Å²) in [6.45, 7) is 13.3. The predicted octanol–water partition coefficient (Wildman–Crippen LogP) is 17.3. The second kappa shape index (κ2) is 19.8. The highest BCUT2D eigenvalue weighted by molar-refractivity contribution is 5.87. The molecule has 4 heterocycles. The molecule has 13 aromatic rings. The van der Waals surface area contributed by atoms with Gasteiger partial charge >= 0.3 is 0 Å². The minimum atomic E-state index is 0.418. The first-order valence-corrected chi connectivity index (χ1v) is 26.9. The lowest BCUT2D eigenvalue weighted by molar-refractivity contribution is 0.865. The lowest BCUT2D eigenvalue weighted by Crippen LogP contribution is -2.02. The first kappa shape index (κ1) is 48.1. The van der Waals surface area contributed by atoms with Gasteiger partial charge in [-0.25, -0.2) is 29.9 Å². The maximum atomic E-state index is 5.36. The summed E-state index contributed by atoms with van der Waals surface area (Å²) in [7, 11) is 0. The Morgan fingerprint density at radius 2 is 0.513 bits per heavy atom. The lowest BCUT2D eigenvalue weighted by atomic mass is 10.0. The number of nitrogens with zero attached hydrogens (tertiary/aromatic N) is 9. The Bertz CT molecular complexity index is 3890.